The quantitative estimate of drug-likeness (QED) is 0.919. The molecular weight excluding hydrogens is 319 g/mol. The molecule has 1 fully saturated rings. The van der Waals surface area contributed by atoms with E-state index in [9.17, 15) is 8.42 Å². The molecule has 1 N–H and O–H groups in total. The fourth-order valence-corrected chi connectivity index (χ4v) is 4.66. The second-order valence-electron chi connectivity index (χ2n) is 4.98. The summed E-state index contributed by atoms with van der Waals surface area (Å²) in [6, 6.07) is 4.52. The predicted molar refractivity (Wildman–Crippen MR) is 81.9 cm³/mol. The molecule has 112 valence electrons. The number of rotatable bonds is 4. The first-order valence-electron chi connectivity index (χ1n) is 6.55. The van der Waals surface area contributed by atoms with Gasteiger partial charge < -0.3 is 5.32 Å². The average Bonchev–Trinajstić information content (AvgIpc) is 2.42. The van der Waals surface area contributed by atoms with E-state index >= 15 is 0 Å². The van der Waals surface area contributed by atoms with Crippen LogP contribution in [0.4, 0.5) is 0 Å². The van der Waals surface area contributed by atoms with Crippen LogP contribution in [-0.4, -0.2) is 39.4 Å². The first-order valence-corrected chi connectivity index (χ1v) is 8.74. The van der Waals surface area contributed by atoms with Gasteiger partial charge in [-0.1, -0.05) is 23.2 Å². The number of halogens is 2. The number of nitrogens with one attached hydrogen (secondary N) is 1. The van der Waals surface area contributed by atoms with Crippen LogP contribution < -0.4 is 5.32 Å². The van der Waals surface area contributed by atoms with E-state index in [2.05, 4.69) is 5.32 Å². The molecule has 1 aromatic carbocycles. The summed E-state index contributed by atoms with van der Waals surface area (Å²) in [6.45, 7) is 1.97. The second-order valence-corrected chi connectivity index (χ2v) is 7.73. The van der Waals surface area contributed by atoms with E-state index in [1.807, 2.05) is 7.05 Å². The van der Waals surface area contributed by atoms with E-state index < -0.39 is 10.0 Å². The molecule has 0 unspecified atom stereocenters. The Morgan fingerprint density at radius 2 is 1.95 bits per heavy atom. The van der Waals surface area contributed by atoms with Gasteiger partial charge in [0.15, 0.2) is 0 Å². The van der Waals surface area contributed by atoms with Crippen molar-refractivity contribution in [1.29, 1.82) is 0 Å². The number of hydrogen-bond acceptors (Lipinski definition) is 3. The number of nitrogens with zero attached hydrogens (tertiary/aromatic N) is 1. The molecule has 1 aliphatic rings. The zero-order valence-corrected chi connectivity index (χ0v) is 13.6. The van der Waals surface area contributed by atoms with Crippen LogP contribution in [0.3, 0.4) is 0 Å². The van der Waals surface area contributed by atoms with Crippen molar-refractivity contribution in [3.8, 4) is 0 Å². The zero-order valence-electron chi connectivity index (χ0n) is 11.3. The first-order chi connectivity index (χ1) is 9.45. The first kappa shape index (κ1) is 16.0. The predicted octanol–water partition coefficient (Wildman–Crippen LogP) is 2.61. The van der Waals surface area contributed by atoms with Crippen molar-refractivity contribution in [3.05, 3.63) is 28.2 Å². The van der Waals surface area contributed by atoms with E-state index in [-0.39, 0.29) is 9.92 Å². The van der Waals surface area contributed by atoms with Crippen molar-refractivity contribution in [2.45, 2.75) is 17.7 Å². The van der Waals surface area contributed by atoms with Crippen molar-refractivity contribution in [3.63, 3.8) is 0 Å². The van der Waals surface area contributed by atoms with Crippen LogP contribution >= 0.6 is 23.2 Å². The van der Waals surface area contributed by atoms with Gasteiger partial charge in [0, 0.05) is 18.1 Å². The van der Waals surface area contributed by atoms with Gasteiger partial charge in [0.05, 0.1) is 5.02 Å². The lowest BCUT2D eigenvalue weighted by Gasteiger charge is -2.31. The lowest BCUT2D eigenvalue weighted by atomic mass is 9.98. The van der Waals surface area contributed by atoms with Crippen LogP contribution in [0, 0.1) is 5.92 Å². The minimum Gasteiger partial charge on any atom is -0.319 e. The lowest BCUT2D eigenvalue weighted by Crippen LogP contribution is -2.40. The smallest absolute Gasteiger partial charge is 0.244 e. The molecule has 7 heteroatoms. The lowest BCUT2D eigenvalue weighted by molar-refractivity contribution is 0.270. The molecular formula is C13H18Cl2N2O2S. The Morgan fingerprint density at radius 1 is 1.30 bits per heavy atom. The maximum absolute atomic E-state index is 12.6. The zero-order chi connectivity index (χ0) is 14.8. The maximum Gasteiger partial charge on any atom is 0.244 e. The Bertz CT molecular complexity index is 570. The van der Waals surface area contributed by atoms with Crippen LogP contribution in [-0.2, 0) is 10.0 Å². The summed E-state index contributed by atoms with van der Waals surface area (Å²) < 4.78 is 26.7. The number of benzene rings is 1. The number of hydrogen-bond donors (Lipinski definition) is 1. The van der Waals surface area contributed by atoms with E-state index in [4.69, 9.17) is 23.2 Å². The molecule has 0 saturated carbocycles. The molecule has 1 saturated heterocycles. The van der Waals surface area contributed by atoms with E-state index in [0.717, 1.165) is 19.4 Å². The van der Waals surface area contributed by atoms with Crippen molar-refractivity contribution in [2.75, 3.05) is 26.7 Å². The molecule has 1 aromatic rings. The Morgan fingerprint density at radius 3 is 2.55 bits per heavy atom. The van der Waals surface area contributed by atoms with Gasteiger partial charge in [0.2, 0.25) is 10.0 Å². The molecule has 0 aromatic heterocycles. The highest BCUT2D eigenvalue weighted by atomic mass is 35.5. The molecule has 0 amide bonds. The van der Waals surface area contributed by atoms with E-state index in [0.29, 0.717) is 24.0 Å². The maximum atomic E-state index is 12.6. The van der Waals surface area contributed by atoms with Crippen molar-refractivity contribution >= 4 is 33.2 Å². The van der Waals surface area contributed by atoms with Gasteiger partial charge in [0.1, 0.15) is 4.90 Å². The molecule has 4 nitrogen and oxygen atoms in total. The van der Waals surface area contributed by atoms with Crippen molar-refractivity contribution in [1.82, 2.24) is 9.62 Å². The van der Waals surface area contributed by atoms with Gasteiger partial charge in [-0.05, 0) is 50.6 Å². The van der Waals surface area contributed by atoms with Crippen LogP contribution in [0.1, 0.15) is 12.8 Å². The van der Waals surface area contributed by atoms with Gasteiger partial charge in [-0.3, -0.25) is 0 Å². The summed E-state index contributed by atoms with van der Waals surface area (Å²) in [5.41, 5.74) is 0. The number of sulfonamides is 1. The van der Waals surface area contributed by atoms with Crippen molar-refractivity contribution in [2.24, 2.45) is 5.92 Å². The Labute approximate surface area is 130 Å². The molecule has 1 aliphatic heterocycles. The Hall–Kier alpha value is -0.330. The van der Waals surface area contributed by atoms with Crippen LogP contribution in [0.2, 0.25) is 10.0 Å². The third-order valence-corrected chi connectivity index (χ3v) is 6.19. The van der Waals surface area contributed by atoms with Gasteiger partial charge in [-0.25, -0.2) is 8.42 Å². The molecule has 0 spiro atoms. The third kappa shape index (κ3) is 3.46. The Kier molecular flexibility index (Phi) is 5.31. The highest BCUT2D eigenvalue weighted by Crippen LogP contribution is 2.30. The van der Waals surface area contributed by atoms with Crippen LogP contribution in [0.25, 0.3) is 0 Å². The highest BCUT2D eigenvalue weighted by molar-refractivity contribution is 7.89. The molecule has 2 rings (SSSR count). The van der Waals surface area contributed by atoms with Gasteiger partial charge >= 0.3 is 0 Å². The molecule has 0 atom stereocenters. The average molecular weight is 337 g/mol. The van der Waals surface area contributed by atoms with Crippen LogP contribution in [0.5, 0.6) is 0 Å². The monoisotopic (exact) mass is 336 g/mol. The standard InChI is InChI=1S/C13H18Cl2N2O2S/c1-16-9-10-4-6-17(7-5-10)20(18,19)13-8-11(14)2-3-12(13)15/h2-3,8,10,16H,4-7,9H2,1H3. The summed E-state index contributed by atoms with van der Waals surface area (Å²) in [6.07, 6.45) is 1.72. The largest absolute Gasteiger partial charge is 0.319 e. The highest BCUT2D eigenvalue weighted by Gasteiger charge is 2.30. The normalized spacial score (nSPS) is 18.4. The summed E-state index contributed by atoms with van der Waals surface area (Å²) in [7, 11) is -1.65. The van der Waals surface area contributed by atoms with Crippen LogP contribution in [0.15, 0.2) is 23.1 Å². The van der Waals surface area contributed by atoms with E-state index in [1.54, 1.807) is 6.07 Å². The summed E-state index contributed by atoms with van der Waals surface area (Å²) in [5.74, 6) is 0.529. The molecule has 0 radical (unpaired) electrons. The topological polar surface area (TPSA) is 49.4 Å². The number of piperidine rings is 1. The molecule has 1 heterocycles. The van der Waals surface area contributed by atoms with Gasteiger partial charge in [-0.15, -0.1) is 0 Å². The van der Waals surface area contributed by atoms with E-state index in [1.165, 1.54) is 16.4 Å². The fourth-order valence-electron chi connectivity index (χ4n) is 2.46. The SMILES string of the molecule is CNCC1CCN(S(=O)(=O)c2cc(Cl)ccc2Cl)CC1. The Balaban J connectivity index is 2.18. The summed E-state index contributed by atoms with van der Waals surface area (Å²) >= 11 is 11.9. The second kappa shape index (κ2) is 6.62. The third-order valence-electron chi connectivity index (χ3n) is 3.58. The fraction of sp³-hybridized carbons (Fsp3) is 0.538. The van der Waals surface area contributed by atoms with Crippen molar-refractivity contribution < 1.29 is 8.42 Å². The molecule has 0 bridgehead atoms. The van der Waals surface area contributed by atoms with Gasteiger partial charge in [-0.2, -0.15) is 4.31 Å². The minimum absolute atomic E-state index is 0.0960. The summed E-state index contributed by atoms with van der Waals surface area (Å²) in [4.78, 5) is 0.0960. The molecule has 0 aliphatic carbocycles. The summed E-state index contributed by atoms with van der Waals surface area (Å²) in [5, 5.41) is 3.72. The minimum atomic E-state index is -3.56. The van der Waals surface area contributed by atoms with Gasteiger partial charge in [0.25, 0.3) is 0 Å². The molecule has 20 heavy (non-hydrogen) atoms.